The zero-order valence-corrected chi connectivity index (χ0v) is 10.0. The second kappa shape index (κ2) is 4.57. The van der Waals surface area contributed by atoms with Crippen LogP contribution in [-0.2, 0) is 4.79 Å². The summed E-state index contributed by atoms with van der Waals surface area (Å²) in [6.45, 7) is 4.51. The molecule has 0 unspecified atom stereocenters. The van der Waals surface area contributed by atoms with Gasteiger partial charge in [-0.15, -0.1) is 0 Å². The molecule has 0 spiro atoms. The van der Waals surface area contributed by atoms with Crippen LogP contribution in [0.2, 0.25) is 0 Å². The minimum Gasteiger partial charge on any atom is -0.354 e. The molecule has 1 aliphatic heterocycles. The average Bonchev–Trinajstić information content (AvgIpc) is 2.68. The molecule has 0 bridgehead atoms. The number of rotatable bonds is 2. The first-order valence-corrected chi connectivity index (χ1v) is 5.71. The van der Waals surface area contributed by atoms with Crippen LogP contribution >= 0.6 is 0 Å². The highest BCUT2D eigenvalue weighted by molar-refractivity contribution is 5.95. The van der Waals surface area contributed by atoms with Crippen LogP contribution in [-0.4, -0.2) is 24.4 Å². The van der Waals surface area contributed by atoms with E-state index in [-0.39, 0.29) is 17.9 Å². The predicted molar refractivity (Wildman–Crippen MR) is 64.8 cm³/mol. The molecule has 1 saturated heterocycles. The molecular weight excluding hydrogens is 216 g/mol. The zero-order chi connectivity index (χ0) is 12.4. The molecule has 2 amide bonds. The van der Waals surface area contributed by atoms with Crippen LogP contribution in [0.1, 0.15) is 27.9 Å². The van der Waals surface area contributed by atoms with Crippen molar-refractivity contribution in [2.75, 3.05) is 6.54 Å². The van der Waals surface area contributed by atoms with E-state index in [0.29, 0.717) is 18.5 Å². The quantitative estimate of drug-likeness (QED) is 0.796. The van der Waals surface area contributed by atoms with Crippen LogP contribution in [0.15, 0.2) is 18.2 Å². The van der Waals surface area contributed by atoms with Gasteiger partial charge in [-0.05, 0) is 37.1 Å². The van der Waals surface area contributed by atoms with E-state index in [1.165, 1.54) is 5.56 Å². The summed E-state index contributed by atoms with van der Waals surface area (Å²) < 4.78 is 0. The number of nitrogens with one attached hydrogen (secondary N) is 2. The highest BCUT2D eigenvalue weighted by atomic mass is 16.2. The van der Waals surface area contributed by atoms with E-state index in [4.69, 9.17) is 0 Å². The molecule has 1 atom stereocenters. The van der Waals surface area contributed by atoms with Crippen molar-refractivity contribution < 1.29 is 9.59 Å². The van der Waals surface area contributed by atoms with Crippen molar-refractivity contribution in [3.05, 3.63) is 34.9 Å². The molecule has 0 saturated carbocycles. The molecule has 1 aliphatic rings. The van der Waals surface area contributed by atoms with Gasteiger partial charge < -0.3 is 10.6 Å². The second-order valence-corrected chi connectivity index (χ2v) is 4.48. The number of aryl methyl sites for hydroxylation is 2. The molecule has 1 fully saturated rings. The van der Waals surface area contributed by atoms with Gasteiger partial charge in [0.2, 0.25) is 5.91 Å². The van der Waals surface area contributed by atoms with Gasteiger partial charge in [-0.1, -0.05) is 6.07 Å². The lowest BCUT2D eigenvalue weighted by Crippen LogP contribution is -2.36. The Morgan fingerprint density at radius 2 is 2.12 bits per heavy atom. The number of benzene rings is 1. The normalized spacial score (nSPS) is 18.9. The van der Waals surface area contributed by atoms with Crippen LogP contribution < -0.4 is 10.6 Å². The molecule has 1 aromatic rings. The second-order valence-electron chi connectivity index (χ2n) is 4.48. The standard InChI is InChI=1S/C13H16N2O2/c1-8-3-4-10(5-9(8)2)13(17)15-11-6-12(16)14-7-11/h3-5,11H,6-7H2,1-2H3,(H,14,16)(H,15,17)/t11-/m1/s1. The lowest BCUT2D eigenvalue weighted by molar-refractivity contribution is -0.119. The molecule has 0 radical (unpaired) electrons. The smallest absolute Gasteiger partial charge is 0.251 e. The van der Waals surface area contributed by atoms with Crippen molar-refractivity contribution in [3.63, 3.8) is 0 Å². The monoisotopic (exact) mass is 232 g/mol. The van der Waals surface area contributed by atoms with Gasteiger partial charge in [-0.2, -0.15) is 0 Å². The fraction of sp³-hybridized carbons (Fsp3) is 0.385. The number of hydrogen-bond acceptors (Lipinski definition) is 2. The number of amides is 2. The van der Waals surface area contributed by atoms with Gasteiger partial charge in [0.1, 0.15) is 0 Å². The summed E-state index contributed by atoms with van der Waals surface area (Å²) in [6.07, 6.45) is 0.372. The number of carbonyl (C=O) groups is 2. The third-order valence-corrected chi connectivity index (χ3v) is 3.08. The summed E-state index contributed by atoms with van der Waals surface area (Å²) in [4.78, 5) is 22.9. The molecule has 2 rings (SSSR count). The van der Waals surface area contributed by atoms with Crippen molar-refractivity contribution in [2.45, 2.75) is 26.3 Å². The van der Waals surface area contributed by atoms with Crippen molar-refractivity contribution in [3.8, 4) is 0 Å². The van der Waals surface area contributed by atoms with E-state index in [1.807, 2.05) is 32.0 Å². The van der Waals surface area contributed by atoms with Crippen LogP contribution in [0.5, 0.6) is 0 Å². The topological polar surface area (TPSA) is 58.2 Å². The largest absolute Gasteiger partial charge is 0.354 e. The highest BCUT2D eigenvalue weighted by Crippen LogP contribution is 2.10. The third-order valence-electron chi connectivity index (χ3n) is 3.08. The maximum atomic E-state index is 11.9. The Labute approximate surface area is 100 Å². The zero-order valence-electron chi connectivity index (χ0n) is 10.0. The molecular formula is C13H16N2O2. The van der Waals surface area contributed by atoms with Gasteiger partial charge >= 0.3 is 0 Å². The number of carbonyl (C=O) groups excluding carboxylic acids is 2. The van der Waals surface area contributed by atoms with Crippen molar-refractivity contribution in [1.29, 1.82) is 0 Å². The van der Waals surface area contributed by atoms with Crippen molar-refractivity contribution >= 4 is 11.8 Å². The van der Waals surface area contributed by atoms with E-state index in [9.17, 15) is 9.59 Å². The molecule has 1 heterocycles. The third kappa shape index (κ3) is 2.64. The molecule has 2 N–H and O–H groups in total. The van der Waals surface area contributed by atoms with E-state index < -0.39 is 0 Å². The average molecular weight is 232 g/mol. The summed E-state index contributed by atoms with van der Waals surface area (Å²) in [7, 11) is 0. The summed E-state index contributed by atoms with van der Waals surface area (Å²) in [6, 6.07) is 5.52. The Hall–Kier alpha value is -1.84. The van der Waals surface area contributed by atoms with Gasteiger partial charge in [0.15, 0.2) is 0 Å². The molecule has 4 heteroatoms. The summed E-state index contributed by atoms with van der Waals surface area (Å²) in [5.41, 5.74) is 2.91. The fourth-order valence-electron chi connectivity index (χ4n) is 1.86. The molecule has 0 aromatic heterocycles. The van der Waals surface area contributed by atoms with Crippen LogP contribution in [0.25, 0.3) is 0 Å². The summed E-state index contributed by atoms with van der Waals surface area (Å²) in [5, 5.41) is 5.54. The number of hydrogen-bond donors (Lipinski definition) is 2. The fourth-order valence-corrected chi connectivity index (χ4v) is 1.86. The van der Waals surface area contributed by atoms with Gasteiger partial charge in [0.05, 0.1) is 6.04 Å². The lowest BCUT2D eigenvalue weighted by atomic mass is 10.1. The summed E-state index contributed by atoms with van der Waals surface area (Å²) in [5.74, 6) is -0.120. The van der Waals surface area contributed by atoms with E-state index in [0.717, 1.165) is 5.56 Å². The first-order chi connectivity index (χ1) is 8.06. The van der Waals surface area contributed by atoms with E-state index in [1.54, 1.807) is 0 Å². The molecule has 17 heavy (non-hydrogen) atoms. The van der Waals surface area contributed by atoms with Crippen molar-refractivity contribution in [2.24, 2.45) is 0 Å². The van der Waals surface area contributed by atoms with Gasteiger partial charge in [0.25, 0.3) is 5.91 Å². The Morgan fingerprint density at radius 1 is 1.35 bits per heavy atom. The Morgan fingerprint density at radius 3 is 2.71 bits per heavy atom. The molecule has 0 aliphatic carbocycles. The Balaban J connectivity index is 2.04. The van der Waals surface area contributed by atoms with E-state index in [2.05, 4.69) is 10.6 Å². The molecule has 90 valence electrons. The van der Waals surface area contributed by atoms with Gasteiger partial charge in [-0.25, -0.2) is 0 Å². The minimum absolute atomic E-state index is 0.00427. The van der Waals surface area contributed by atoms with Crippen LogP contribution in [0.4, 0.5) is 0 Å². The Kier molecular flexibility index (Phi) is 3.13. The van der Waals surface area contributed by atoms with Gasteiger partial charge in [0, 0.05) is 18.5 Å². The summed E-state index contributed by atoms with van der Waals surface area (Å²) >= 11 is 0. The first kappa shape index (κ1) is 11.6. The maximum absolute atomic E-state index is 11.9. The highest BCUT2D eigenvalue weighted by Gasteiger charge is 2.23. The first-order valence-electron chi connectivity index (χ1n) is 5.71. The van der Waals surface area contributed by atoms with E-state index >= 15 is 0 Å². The SMILES string of the molecule is Cc1ccc(C(=O)N[C@H]2CNC(=O)C2)cc1C. The van der Waals surface area contributed by atoms with Crippen molar-refractivity contribution in [1.82, 2.24) is 10.6 Å². The minimum atomic E-state index is -0.116. The predicted octanol–water partition coefficient (Wildman–Crippen LogP) is 0.922. The van der Waals surface area contributed by atoms with Gasteiger partial charge in [-0.3, -0.25) is 9.59 Å². The Bertz CT molecular complexity index is 468. The maximum Gasteiger partial charge on any atom is 0.251 e. The lowest BCUT2D eigenvalue weighted by Gasteiger charge is -2.11. The molecule has 4 nitrogen and oxygen atoms in total. The molecule has 1 aromatic carbocycles. The van der Waals surface area contributed by atoms with Crippen LogP contribution in [0.3, 0.4) is 0 Å². The van der Waals surface area contributed by atoms with Crippen LogP contribution in [0, 0.1) is 13.8 Å².